The van der Waals surface area contributed by atoms with Crippen molar-refractivity contribution in [3.63, 3.8) is 0 Å². The molecular weight excluding hydrogens is 244 g/mol. The lowest BCUT2D eigenvalue weighted by Gasteiger charge is -2.17. The van der Waals surface area contributed by atoms with Crippen LogP contribution in [0.15, 0.2) is 24.3 Å². The number of nitrogens with zero attached hydrogens (tertiary/aromatic N) is 1. The highest BCUT2D eigenvalue weighted by Crippen LogP contribution is 2.22. The van der Waals surface area contributed by atoms with Crippen molar-refractivity contribution >= 4 is 0 Å². The van der Waals surface area contributed by atoms with Crippen molar-refractivity contribution in [1.82, 2.24) is 10.2 Å². The van der Waals surface area contributed by atoms with Gasteiger partial charge in [0.2, 0.25) is 0 Å². The number of hydrogen-bond donors (Lipinski definition) is 1. The molecule has 0 spiro atoms. The highest BCUT2D eigenvalue weighted by molar-refractivity contribution is 5.26. The van der Waals surface area contributed by atoms with Crippen molar-refractivity contribution in [2.75, 3.05) is 20.6 Å². The van der Waals surface area contributed by atoms with Gasteiger partial charge < -0.3 is 10.2 Å². The summed E-state index contributed by atoms with van der Waals surface area (Å²) in [5.74, 6) is 0.901. The maximum Gasteiger partial charge on any atom is 0.0230 e. The average molecular weight is 274 g/mol. The first kappa shape index (κ1) is 15.5. The van der Waals surface area contributed by atoms with Gasteiger partial charge in [-0.3, -0.25) is 0 Å². The summed E-state index contributed by atoms with van der Waals surface area (Å²) in [6.07, 6.45) is 8.61. The molecule has 0 aromatic heterocycles. The zero-order valence-electron chi connectivity index (χ0n) is 13.2. The summed E-state index contributed by atoms with van der Waals surface area (Å²) in [6.45, 7) is 3.23. The van der Waals surface area contributed by atoms with E-state index in [0.717, 1.165) is 19.0 Å². The Bertz CT molecular complexity index is 379. The van der Waals surface area contributed by atoms with Crippen molar-refractivity contribution in [2.45, 2.75) is 51.6 Å². The minimum absolute atomic E-state index is 0.901. The highest BCUT2D eigenvalue weighted by atomic mass is 15.0. The van der Waals surface area contributed by atoms with E-state index in [9.17, 15) is 0 Å². The van der Waals surface area contributed by atoms with Crippen LogP contribution in [0.4, 0.5) is 0 Å². The fourth-order valence-corrected chi connectivity index (χ4v) is 3.20. The molecule has 0 heterocycles. The number of hydrogen-bond acceptors (Lipinski definition) is 2. The van der Waals surface area contributed by atoms with Gasteiger partial charge in [0.15, 0.2) is 0 Å². The van der Waals surface area contributed by atoms with E-state index < -0.39 is 0 Å². The SMILES string of the molecule is CN(C)Cc1ccccc1CNCC1CCCCCC1. The topological polar surface area (TPSA) is 15.3 Å². The van der Waals surface area contributed by atoms with Gasteiger partial charge >= 0.3 is 0 Å². The van der Waals surface area contributed by atoms with Gasteiger partial charge in [-0.1, -0.05) is 49.9 Å². The van der Waals surface area contributed by atoms with Crippen molar-refractivity contribution in [1.29, 1.82) is 0 Å². The third-order valence-electron chi connectivity index (χ3n) is 4.33. The lowest BCUT2D eigenvalue weighted by Crippen LogP contribution is -2.23. The van der Waals surface area contributed by atoms with E-state index in [1.165, 1.54) is 56.2 Å². The van der Waals surface area contributed by atoms with Crippen LogP contribution in [0.2, 0.25) is 0 Å². The van der Waals surface area contributed by atoms with Gasteiger partial charge in [0.05, 0.1) is 0 Å². The second-order valence-corrected chi connectivity index (χ2v) is 6.49. The number of benzene rings is 1. The predicted molar refractivity (Wildman–Crippen MR) is 86.7 cm³/mol. The number of nitrogens with one attached hydrogen (secondary N) is 1. The maximum atomic E-state index is 3.69. The molecule has 1 aromatic rings. The largest absolute Gasteiger partial charge is 0.312 e. The Kier molecular flexibility index (Phi) is 6.55. The van der Waals surface area contributed by atoms with Gasteiger partial charge in [0, 0.05) is 13.1 Å². The van der Waals surface area contributed by atoms with E-state index in [2.05, 4.69) is 48.6 Å². The standard InChI is InChI=1S/C18H30N2/c1-20(2)15-18-12-8-7-11-17(18)14-19-13-16-9-5-3-4-6-10-16/h7-8,11-12,16,19H,3-6,9-10,13-15H2,1-2H3. The Morgan fingerprint density at radius 3 is 2.30 bits per heavy atom. The first-order chi connectivity index (χ1) is 9.75. The van der Waals surface area contributed by atoms with Crippen molar-refractivity contribution in [2.24, 2.45) is 5.92 Å². The Morgan fingerprint density at radius 2 is 1.65 bits per heavy atom. The molecule has 0 atom stereocenters. The maximum absolute atomic E-state index is 3.69. The normalized spacial score (nSPS) is 17.4. The molecule has 1 fully saturated rings. The van der Waals surface area contributed by atoms with E-state index in [1.807, 2.05) is 0 Å². The van der Waals surface area contributed by atoms with Gasteiger partial charge in [-0.15, -0.1) is 0 Å². The van der Waals surface area contributed by atoms with E-state index in [0.29, 0.717) is 0 Å². The van der Waals surface area contributed by atoms with Crippen LogP contribution in [0.1, 0.15) is 49.7 Å². The molecule has 0 radical (unpaired) electrons. The van der Waals surface area contributed by atoms with E-state index in [4.69, 9.17) is 0 Å². The molecule has 112 valence electrons. The quantitative estimate of drug-likeness (QED) is 0.794. The van der Waals surface area contributed by atoms with Crippen LogP contribution in [-0.2, 0) is 13.1 Å². The first-order valence-electron chi connectivity index (χ1n) is 8.18. The molecule has 0 aliphatic heterocycles. The Balaban J connectivity index is 1.81. The second kappa shape index (κ2) is 8.43. The molecule has 0 saturated heterocycles. The van der Waals surface area contributed by atoms with Crippen LogP contribution < -0.4 is 5.32 Å². The van der Waals surface area contributed by atoms with Gasteiger partial charge in [-0.25, -0.2) is 0 Å². The summed E-state index contributed by atoms with van der Waals surface area (Å²) in [5.41, 5.74) is 2.90. The molecule has 1 saturated carbocycles. The summed E-state index contributed by atoms with van der Waals surface area (Å²) in [7, 11) is 4.27. The number of rotatable bonds is 6. The van der Waals surface area contributed by atoms with E-state index in [-0.39, 0.29) is 0 Å². The summed E-state index contributed by atoms with van der Waals surface area (Å²) < 4.78 is 0. The summed E-state index contributed by atoms with van der Waals surface area (Å²) in [5, 5.41) is 3.69. The molecule has 2 rings (SSSR count). The Morgan fingerprint density at radius 1 is 1.00 bits per heavy atom. The monoisotopic (exact) mass is 274 g/mol. The van der Waals surface area contributed by atoms with Crippen molar-refractivity contribution < 1.29 is 0 Å². The van der Waals surface area contributed by atoms with E-state index >= 15 is 0 Å². The van der Waals surface area contributed by atoms with Crippen molar-refractivity contribution in [3.05, 3.63) is 35.4 Å². The fraction of sp³-hybridized carbons (Fsp3) is 0.667. The van der Waals surface area contributed by atoms with Crippen molar-refractivity contribution in [3.8, 4) is 0 Å². The third-order valence-corrected chi connectivity index (χ3v) is 4.33. The molecule has 1 N–H and O–H groups in total. The molecule has 2 heteroatoms. The average Bonchev–Trinajstić information content (AvgIpc) is 2.69. The van der Waals surface area contributed by atoms with Crippen LogP contribution in [0, 0.1) is 5.92 Å². The lowest BCUT2D eigenvalue weighted by atomic mass is 10.00. The van der Waals surface area contributed by atoms with Gasteiger partial charge in [0.25, 0.3) is 0 Å². The minimum atomic E-state index is 0.901. The molecule has 0 amide bonds. The van der Waals surface area contributed by atoms with Gasteiger partial charge in [0.1, 0.15) is 0 Å². The van der Waals surface area contributed by atoms with E-state index in [1.54, 1.807) is 0 Å². The molecule has 1 aliphatic rings. The predicted octanol–water partition coefficient (Wildman–Crippen LogP) is 3.81. The highest BCUT2D eigenvalue weighted by Gasteiger charge is 2.12. The summed E-state index contributed by atoms with van der Waals surface area (Å²) in [4.78, 5) is 2.24. The Hall–Kier alpha value is -0.860. The van der Waals surface area contributed by atoms with Crippen LogP contribution in [-0.4, -0.2) is 25.5 Å². The third kappa shape index (κ3) is 5.26. The molecule has 0 unspecified atom stereocenters. The Labute approximate surface area is 124 Å². The van der Waals surface area contributed by atoms with Crippen LogP contribution in [0.5, 0.6) is 0 Å². The van der Waals surface area contributed by atoms with Crippen LogP contribution in [0.3, 0.4) is 0 Å². The van der Waals surface area contributed by atoms with Gasteiger partial charge in [-0.05, 0) is 50.5 Å². The molecule has 1 aromatic carbocycles. The second-order valence-electron chi connectivity index (χ2n) is 6.49. The zero-order valence-corrected chi connectivity index (χ0v) is 13.2. The fourth-order valence-electron chi connectivity index (χ4n) is 3.20. The van der Waals surface area contributed by atoms with Gasteiger partial charge in [-0.2, -0.15) is 0 Å². The smallest absolute Gasteiger partial charge is 0.0230 e. The molecule has 20 heavy (non-hydrogen) atoms. The molecule has 2 nitrogen and oxygen atoms in total. The lowest BCUT2D eigenvalue weighted by molar-refractivity contribution is 0.397. The molecular formula is C18H30N2. The zero-order chi connectivity index (χ0) is 14.2. The minimum Gasteiger partial charge on any atom is -0.312 e. The van der Waals surface area contributed by atoms with Crippen LogP contribution >= 0.6 is 0 Å². The first-order valence-corrected chi connectivity index (χ1v) is 8.18. The molecule has 1 aliphatic carbocycles. The van der Waals surface area contributed by atoms with Crippen LogP contribution in [0.25, 0.3) is 0 Å². The molecule has 0 bridgehead atoms. The summed E-state index contributed by atoms with van der Waals surface area (Å²) in [6, 6.07) is 8.82. The summed E-state index contributed by atoms with van der Waals surface area (Å²) >= 11 is 0.